The molecule has 0 atom stereocenters. The Morgan fingerprint density at radius 1 is 1.05 bits per heavy atom. The molecule has 1 rings (SSSR count). The van der Waals surface area contributed by atoms with Crippen molar-refractivity contribution in [3.05, 3.63) is 30.1 Å². The molecule has 0 fully saturated rings. The van der Waals surface area contributed by atoms with Crippen LogP contribution in [-0.4, -0.2) is 19.5 Å². The average molecular weight is 291 g/mol. The highest BCUT2D eigenvalue weighted by atomic mass is 32.2. The van der Waals surface area contributed by atoms with E-state index in [4.69, 9.17) is 0 Å². The van der Waals surface area contributed by atoms with Crippen LogP contribution < -0.4 is 0 Å². The average Bonchev–Trinajstić information content (AvgIpc) is 2.38. The largest absolute Gasteiger partial charge is 0.269 e. The first-order valence-corrected chi connectivity index (χ1v) is 7.86. The number of unbranched alkanes of at least 4 members (excludes halogenated alkanes) is 4. The first kappa shape index (κ1) is 16.0. The van der Waals surface area contributed by atoms with E-state index in [1.165, 1.54) is 0 Å². The third-order valence-corrected chi connectivity index (χ3v) is 4.38. The van der Waals surface area contributed by atoms with Crippen molar-refractivity contribution in [2.24, 2.45) is 0 Å². The third-order valence-electron chi connectivity index (χ3n) is 2.81. The van der Waals surface area contributed by atoms with Crippen LogP contribution >= 0.6 is 0 Å². The molecule has 0 bridgehead atoms. The van der Waals surface area contributed by atoms with Crippen LogP contribution in [0.2, 0.25) is 0 Å². The van der Waals surface area contributed by atoms with E-state index in [9.17, 15) is 17.3 Å². The molecule has 0 aromatic heterocycles. The van der Waals surface area contributed by atoms with Gasteiger partial charge in [-0.05, 0) is 35.2 Å². The number of halogens is 2. The van der Waals surface area contributed by atoms with E-state index < -0.39 is 15.8 Å². The van der Waals surface area contributed by atoms with Crippen LogP contribution in [0.3, 0.4) is 0 Å². The molecule has 0 spiro atoms. The van der Waals surface area contributed by atoms with Crippen LogP contribution in [0.5, 0.6) is 0 Å². The molecular weight excluding hydrogens is 272 g/mol. The van der Waals surface area contributed by atoms with Gasteiger partial charge >= 0.3 is 0 Å². The molecule has 0 amide bonds. The zero-order chi connectivity index (χ0) is 14.3. The number of rotatable bonds is 8. The minimum atomic E-state index is -4.15. The maximum absolute atomic E-state index is 13.6. The lowest BCUT2D eigenvalue weighted by atomic mass is 10.2. The molecule has 19 heavy (non-hydrogen) atoms. The zero-order valence-corrected chi connectivity index (χ0v) is 11.8. The van der Waals surface area contributed by atoms with Crippen molar-refractivity contribution in [3.8, 4) is 0 Å². The Bertz CT molecular complexity index is 474. The number of benzene rings is 1. The second kappa shape index (κ2) is 7.55. The van der Waals surface area contributed by atoms with E-state index >= 15 is 0 Å². The predicted molar refractivity (Wildman–Crippen MR) is 70.2 cm³/mol. The molecular formula is C13H19F2NO2S. The van der Waals surface area contributed by atoms with E-state index in [1.54, 1.807) is 0 Å². The molecule has 0 aliphatic carbocycles. The van der Waals surface area contributed by atoms with Gasteiger partial charge in [0.15, 0.2) is 0 Å². The highest BCUT2D eigenvalue weighted by molar-refractivity contribution is 7.89. The Labute approximate surface area is 113 Å². The monoisotopic (exact) mass is 291 g/mol. The number of nitrogens with zero attached hydrogens (tertiary/aromatic N) is 1. The summed E-state index contributed by atoms with van der Waals surface area (Å²) in [6.07, 6.45) is 4.40. The van der Waals surface area contributed by atoms with Gasteiger partial charge in [-0.3, -0.25) is 0 Å². The lowest BCUT2D eigenvalue weighted by Crippen LogP contribution is -2.24. The molecule has 6 heteroatoms. The first-order chi connectivity index (χ1) is 8.98. The van der Waals surface area contributed by atoms with Crippen molar-refractivity contribution in [1.29, 1.82) is 0 Å². The van der Waals surface area contributed by atoms with Gasteiger partial charge in [0.1, 0.15) is 5.82 Å². The molecule has 1 aromatic rings. The summed E-state index contributed by atoms with van der Waals surface area (Å²) < 4.78 is 49.7. The molecule has 0 aliphatic heterocycles. The predicted octanol–water partition coefficient (Wildman–Crippen LogP) is 3.67. The fraction of sp³-hybridized carbons (Fsp3) is 0.538. The molecule has 1 aromatic carbocycles. The minimum Gasteiger partial charge on any atom is -0.207 e. The van der Waals surface area contributed by atoms with Crippen molar-refractivity contribution < 1.29 is 17.3 Å². The van der Waals surface area contributed by atoms with Crippen molar-refractivity contribution >= 4 is 10.0 Å². The Balaban J connectivity index is 2.54. The maximum atomic E-state index is 13.6. The standard InChI is InChI=1S/C13H19F2NO2S/c1-2-3-4-5-6-11-16(15)19(17,18)13-9-7-12(14)8-10-13/h7-10H,2-6,11H2,1H3. The third kappa shape index (κ3) is 4.87. The molecule has 3 nitrogen and oxygen atoms in total. The van der Waals surface area contributed by atoms with Crippen molar-refractivity contribution in [2.75, 3.05) is 6.54 Å². The van der Waals surface area contributed by atoms with Crippen LogP contribution in [0.25, 0.3) is 0 Å². The Morgan fingerprint density at radius 3 is 2.21 bits per heavy atom. The van der Waals surface area contributed by atoms with Gasteiger partial charge in [0.05, 0.1) is 4.90 Å². The Kier molecular flexibility index (Phi) is 6.37. The number of hydrogen-bond donors (Lipinski definition) is 0. The smallest absolute Gasteiger partial charge is 0.207 e. The highest BCUT2D eigenvalue weighted by Gasteiger charge is 2.23. The molecule has 0 heterocycles. The molecule has 108 valence electrons. The second-order valence-electron chi connectivity index (χ2n) is 4.38. The summed E-state index contributed by atoms with van der Waals surface area (Å²) >= 11 is 0. The van der Waals surface area contributed by atoms with Crippen LogP contribution in [0.1, 0.15) is 39.0 Å². The number of hydrogen-bond acceptors (Lipinski definition) is 2. The summed E-state index contributed by atoms with van der Waals surface area (Å²) in [7, 11) is -4.15. The molecule has 0 N–H and O–H groups in total. The lowest BCUT2D eigenvalue weighted by Gasteiger charge is -2.12. The van der Waals surface area contributed by atoms with E-state index in [0.29, 0.717) is 6.42 Å². The zero-order valence-electron chi connectivity index (χ0n) is 11.0. The van der Waals surface area contributed by atoms with Crippen molar-refractivity contribution in [3.63, 3.8) is 0 Å². The summed E-state index contributed by atoms with van der Waals surface area (Å²) in [5.41, 5.74) is 0. The highest BCUT2D eigenvalue weighted by Crippen LogP contribution is 2.17. The van der Waals surface area contributed by atoms with Crippen LogP contribution in [0.15, 0.2) is 29.2 Å². The topological polar surface area (TPSA) is 37.4 Å². The van der Waals surface area contributed by atoms with E-state index in [1.807, 2.05) is 0 Å². The van der Waals surface area contributed by atoms with E-state index in [0.717, 1.165) is 49.9 Å². The van der Waals surface area contributed by atoms with Gasteiger partial charge < -0.3 is 0 Å². The van der Waals surface area contributed by atoms with Gasteiger partial charge in [0, 0.05) is 6.54 Å². The summed E-state index contributed by atoms with van der Waals surface area (Å²) in [5, 5.41) is 0. The van der Waals surface area contributed by atoms with E-state index in [-0.39, 0.29) is 16.0 Å². The molecule has 0 saturated heterocycles. The SMILES string of the molecule is CCCCCCCN(F)S(=O)(=O)c1ccc(F)cc1. The molecule has 0 aliphatic rings. The van der Waals surface area contributed by atoms with Crippen LogP contribution in [-0.2, 0) is 10.0 Å². The van der Waals surface area contributed by atoms with Gasteiger partial charge in [-0.2, -0.15) is 0 Å². The van der Waals surface area contributed by atoms with Crippen molar-refractivity contribution in [2.45, 2.75) is 43.9 Å². The fourth-order valence-electron chi connectivity index (χ4n) is 1.68. The number of sulfonamides is 1. The van der Waals surface area contributed by atoms with Gasteiger partial charge in [0.25, 0.3) is 10.0 Å². The molecule has 0 radical (unpaired) electrons. The minimum absolute atomic E-state index is 0.161. The summed E-state index contributed by atoms with van der Waals surface area (Å²) in [6.45, 7) is 1.91. The normalized spacial score (nSPS) is 12.0. The van der Waals surface area contributed by atoms with Crippen LogP contribution in [0.4, 0.5) is 8.87 Å². The van der Waals surface area contributed by atoms with Gasteiger partial charge in [0.2, 0.25) is 0 Å². The quantitative estimate of drug-likeness (QED) is 0.541. The fourth-order valence-corrected chi connectivity index (χ4v) is 2.76. The van der Waals surface area contributed by atoms with Crippen molar-refractivity contribution in [1.82, 2.24) is 4.53 Å². The summed E-state index contributed by atoms with van der Waals surface area (Å²) in [4.78, 5) is -0.232. The van der Waals surface area contributed by atoms with Gasteiger partial charge in [-0.1, -0.05) is 32.6 Å². The van der Waals surface area contributed by atoms with E-state index in [2.05, 4.69) is 6.92 Å². The summed E-state index contributed by atoms with van der Waals surface area (Å²) in [5.74, 6) is -0.552. The molecule has 0 saturated carbocycles. The van der Waals surface area contributed by atoms with Gasteiger partial charge in [-0.15, -0.1) is 4.48 Å². The Hall–Kier alpha value is -1.01. The second-order valence-corrected chi connectivity index (χ2v) is 6.20. The molecule has 0 unspecified atom stereocenters. The maximum Gasteiger partial charge on any atom is 0.269 e. The first-order valence-electron chi connectivity index (χ1n) is 6.42. The van der Waals surface area contributed by atoms with Gasteiger partial charge in [-0.25, -0.2) is 12.8 Å². The Morgan fingerprint density at radius 2 is 1.63 bits per heavy atom. The van der Waals surface area contributed by atoms with Crippen LogP contribution in [0, 0.1) is 5.82 Å². The summed E-state index contributed by atoms with van der Waals surface area (Å²) in [6, 6.07) is 4.13. The lowest BCUT2D eigenvalue weighted by molar-refractivity contribution is 0.136.